The van der Waals surface area contributed by atoms with Gasteiger partial charge in [-0.2, -0.15) is 14.9 Å². The van der Waals surface area contributed by atoms with Crippen LogP contribution in [0.5, 0.6) is 17.2 Å². The zero-order valence-corrected chi connectivity index (χ0v) is 16.3. The molecular weight excluding hydrogens is 364 g/mol. The van der Waals surface area contributed by atoms with Crippen LogP contribution >= 0.6 is 12.2 Å². The highest BCUT2D eigenvalue weighted by molar-refractivity contribution is 7.71. The average molecular weight is 384 g/mol. The predicted octanol–water partition coefficient (Wildman–Crippen LogP) is 3.82. The lowest BCUT2D eigenvalue weighted by molar-refractivity contribution is 0.374. The first kappa shape index (κ1) is 18.7. The molecule has 0 radical (unpaired) electrons. The first-order chi connectivity index (χ1) is 13.1. The normalized spacial score (nSPS) is 11.0. The second kappa shape index (κ2) is 8.05. The molecule has 1 N–H and O–H groups in total. The number of nitrogens with zero attached hydrogens (tertiary/aromatic N) is 3. The topological polar surface area (TPSA) is 73.7 Å². The SMILES string of the molecule is COc1cc(OC)c(/C=N/n2c(-c3ccccc3C)n[nH]c2=S)c(OC)c1. The lowest BCUT2D eigenvalue weighted by Crippen LogP contribution is -2.00. The Kier molecular flexibility index (Phi) is 5.56. The molecule has 0 unspecified atom stereocenters. The van der Waals surface area contributed by atoms with Crippen molar-refractivity contribution in [1.82, 2.24) is 14.9 Å². The molecular formula is C19H20N4O3S. The first-order valence-corrected chi connectivity index (χ1v) is 8.57. The number of hydrogen-bond acceptors (Lipinski definition) is 6. The number of rotatable bonds is 6. The third-order valence-electron chi connectivity index (χ3n) is 4.09. The molecule has 1 heterocycles. The van der Waals surface area contributed by atoms with Gasteiger partial charge in [0, 0.05) is 17.7 Å². The molecule has 140 valence electrons. The molecule has 3 rings (SSSR count). The molecule has 0 fully saturated rings. The Morgan fingerprint density at radius 1 is 1.07 bits per heavy atom. The molecule has 1 aromatic heterocycles. The largest absolute Gasteiger partial charge is 0.496 e. The van der Waals surface area contributed by atoms with E-state index in [-0.39, 0.29) is 0 Å². The summed E-state index contributed by atoms with van der Waals surface area (Å²) in [6.07, 6.45) is 1.63. The van der Waals surface area contributed by atoms with Gasteiger partial charge in [-0.05, 0) is 24.7 Å². The van der Waals surface area contributed by atoms with Gasteiger partial charge in [0.2, 0.25) is 4.77 Å². The van der Waals surface area contributed by atoms with Gasteiger partial charge >= 0.3 is 0 Å². The maximum absolute atomic E-state index is 5.45. The minimum Gasteiger partial charge on any atom is -0.496 e. The highest BCUT2D eigenvalue weighted by Crippen LogP contribution is 2.33. The minimum atomic E-state index is 0.385. The predicted molar refractivity (Wildman–Crippen MR) is 107 cm³/mol. The number of benzene rings is 2. The van der Waals surface area contributed by atoms with Crippen LogP contribution < -0.4 is 14.2 Å². The second-order valence-electron chi connectivity index (χ2n) is 5.67. The molecule has 0 bridgehead atoms. The second-order valence-corrected chi connectivity index (χ2v) is 6.06. The molecule has 0 saturated carbocycles. The molecule has 3 aromatic rings. The zero-order valence-electron chi connectivity index (χ0n) is 15.5. The van der Waals surface area contributed by atoms with E-state index in [1.807, 2.05) is 31.2 Å². The van der Waals surface area contributed by atoms with Crippen molar-refractivity contribution in [3.05, 3.63) is 52.3 Å². The number of hydrogen-bond donors (Lipinski definition) is 1. The van der Waals surface area contributed by atoms with Crippen molar-refractivity contribution in [2.75, 3.05) is 21.3 Å². The molecule has 0 spiro atoms. The fourth-order valence-electron chi connectivity index (χ4n) is 2.67. The fraction of sp³-hybridized carbons (Fsp3) is 0.211. The van der Waals surface area contributed by atoms with Crippen molar-refractivity contribution in [1.29, 1.82) is 0 Å². The molecule has 7 nitrogen and oxygen atoms in total. The van der Waals surface area contributed by atoms with Crippen LogP contribution in [0, 0.1) is 11.7 Å². The van der Waals surface area contributed by atoms with E-state index < -0.39 is 0 Å². The smallest absolute Gasteiger partial charge is 0.216 e. The summed E-state index contributed by atoms with van der Waals surface area (Å²) in [5.74, 6) is 2.40. The van der Waals surface area contributed by atoms with Gasteiger partial charge in [0.25, 0.3) is 0 Å². The van der Waals surface area contributed by atoms with Crippen LogP contribution in [0.4, 0.5) is 0 Å². The summed E-state index contributed by atoms with van der Waals surface area (Å²) in [4.78, 5) is 0. The quantitative estimate of drug-likeness (QED) is 0.517. The maximum Gasteiger partial charge on any atom is 0.216 e. The molecule has 8 heteroatoms. The Labute approximate surface area is 162 Å². The Bertz CT molecular complexity index is 1010. The number of H-pyrrole nitrogens is 1. The number of aromatic nitrogens is 3. The van der Waals surface area contributed by atoms with Crippen LogP contribution in [0.3, 0.4) is 0 Å². The Morgan fingerprint density at radius 2 is 1.74 bits per heavy atom. The average Bonchev–Trinajstić information content (AvgIpc) is 3.06. The molecule has 0 amide bonds. The van der Waals surface area contributed by atoms with Crippen LogP contribution in [0.1, 0.15) is 11.1 Å². The lowest BCUT2D eigenvalue weighted by Gasteiger charge is -2.12. The Hall–Kier alpha value is -3.13. The Morgan fingerprint density at radius 3 is 2.33 bits per heavy atom. The molecule has 0 aliphatic rings. The van der Waals surface area contributed by atoms with E-state index in [0.29, 0.717) is 33.4 Å². The number of nitrogens with one attached hydrogen (secondary N) is 1. The molecule has 0 aliphatic carbocycles. The standard InChI is InChI=1S/C19H20N4O3S/c1-12-7-5-6-8-14(12)18-21-22-19(27)23(18)20-11-15-16(25-3)9-13(24-2)10-17(15)26-4/h5-11H,1-4H3,(H,22,27)/b20-11+. The van der Waals surface area contributed by atoms with Crippen molar-refractivity contribution >= 4 is 18.4 Å². The van der Waals surface area contributed by atoms with Gasteiger partial charge in [-0.25, -0.2) is 5.10 Å². The summed E-state index contributed by atoms with van der Waals surface area (Å²) in [5, 5.41) is 11.6. The molecule has 0 saturated heterocycles. The van der Waals surface area contributed by atoms with Crippen molar-refractivity contribution in [2.24, 2.45) is 5.10 Å². The van der Waals surface area contributed by atoms with Gasteiger partial charge in [0.15, 0.2) is 5.82 Å². The van der Waals surface area contributed by atoms with Crippen LogP contribution in [0.2, 0.25) is 0 Å². The zero-order chi connectivity index (χ0) is 19.4. The van der Waals surface area contributed by atoms with Crippen LogP contribution in [-0.4, -0.2) is 42.4 Å². The summed E-state index contributed by atoms with van der Waals surface area (Å²) < 4.78 is 18.1. The lowest BCUT2D eigenvalue weighted by atomic mass is 10.1. The molecule has 27 heavy (non-hydrogen) atoms. The van der Waals surface area contributed by atoms with Gasteiger partial charge < -0.3 is 14.2 Å². The summed E-state index contributed by atoms with van der Waals surface area (Å²) in [5.41, 5.74) is 2.68. The molecule has 2 aromatic carbocycles. The van der Waals surface area contributed by atoms with E-state index in [2.05, 4.69) is 15.3 Å². The van der Waals surface area contributed by atoms with E-state index in [0.717, 1.165) is 11.1 Å². The van der Waals surface area contributed by atoms with Crippen molar-refractivity contribution in [3.8, 4) is 28.6 Å². The van der Waals surface area contributed by atoms with Crippen molar-refractivity contribution < 1.29 is 14.2 Å². The van der Waals surface area contributed by atoms with Crippen molar-refractivity contribution in [3.63, 3.8) is 0 Å². The number of aryl methyl sites for hydroxylation is 1. The fourth-order valence-corrected chi connectivity index (χ4v) is 2.85. The van der Waals surface area contributed by atoms with Gasteiger partial charge in [-0.1, -0.05) is 24.3 Å². The highest BCUT2D eigenvalue weighted by Gasteiger charge is 2.13. The third kappa shape index (κ3) is 3.70. The summed E-state index contributed by atoms with van der Waals surface area (Å²) in [6, 6.07) is 11.4. The van der Waals surface area contributed by atoms with E-state index >= 15 is 0 Å². The van der Waals surface area contributed by atoms with Crippen LogP contribution in [0.25, 0.3) is 11.4 Å². The first-order valence-electron chi connectivity index (χ1n) is 8.16. The Balaban J connectivity index is 2.10. The maximum atomic E-state index is 5.45. The molecule has 0 atom stereocenters. The molecule has 0 aliphatic heterocycles. The van der Waals surface area contributed by atoms with Gasteiger partial charge in [-0.3, -0.25) is 0 Å². The van der Waals surface area contributed by atoms with Crippen molar-refractivity contribution in [2.45, 2.75) is 6.92 Å². The van der Waals surface area contributed by atoms with E-state index in [1.54, 1.807) is 44.4 Å². The monoisotopic (exact) mass is 384 g/mol. The number of aromatic amines is 1. The van der Waals surface area contributed by atoms with Gasteiger partial charge in [0.05, 0.1) is 33.1 Å². The summed E-state index contributed by atoms with van der Waals surface area (Å²) >= 11 is 5.34. The third-order valence-corrected chi connectivity index (χ3v) is 4.36. The van der Waals surface area contributed by atoms with E-state index in [1.165, 1.54) is 0 Å². The number of ether oxygens (including phenoxy) is 3. The highest BCUT2D eigenvalue weighted by atomic mass is 32.1. The van der Waals surface area contributed by atoms with E-state index in [4.69, 9.17) is 26.4 Å². The summed E-state index contributed by atoms with van der Waals surface area (Å²) in [6.45, 7) is 2.01. The minimum absolute atomic E-state index is 0.385. The van der Waals surface area contributed by atoms with Gasteiger partial charge in [-0.15, -0.1) is 0 Å². The summed E-state index contributed by atoms with van der Waals surface area (Å²) in [7, 11) is 4.74. The van der Waals surface area contributed by atoms with Crippen LogP contribution in [-0.2, 0) is 0 Å². The van der Waals surface area contributed by atoms with Gasteiger partial charge in [0.1, 0.15) is 17.2 Å². The number of methoxy groups -OCH3 is 3. The van der Waals surface area contributed by atoms with Crippen LogP contribution in [0.15, 0.2) is 41.5 Å². The van der Waals surface area contributed by atoms with E-state index in [9.17, 15) is 0 Å².